The molecule has 0 heterocycles. The van der Waals surface area contributed by atoms with E-state index in [-0.39, 0.29) is 18.5 Å². The zero-order valence-electron chi connectivity index (χ0n) is 12.1. The van der Waals surface area contributed by atoms with Gasteiger partial charge in [0.05, 0.1) is 18.8 Å². The number of nitriles is 1. The van der Waals surface area contributed by atoms with Crippen LogP contribution >= 0.6 is 7.60 Å². The van der Waals surface area contributed by atoms with Crippen molar-refractivity contribution < 1.29 is 26.8 Å². The lowest BCUT2D eigenvalue weighted by molar-refractivity contribution is -0.137. The highest BCUT2D eigenvalue weighted by atomic mass is 31.2. The molecule has 1 aromatic carbocycles. The van der Waals surface area contributed by atoms with Gasteiger partial charge in [-0.2, -0.15) is 18.4 Å². The Morgan fingerprint density at radius 2 is 1.73 bits per heavy atom. The molecule has 0 amide bonds. The quantitative estimate of drug-likeness (QED) is 0.552. The van der Waals surface area contributed by atoms with Crippen LogP contribution < -0.4 is 0 Å². The minimum atomic E-state index is -4.44. The van der Waals surface area contributed by atoms with Crippen molar-refractivity contribution in [3.05, 3.63) is 40.7 Å². The van der Waals surface area contributed by atoms with Gasteiger partial charge in [-0.05, 0) is 37.6 Å². The van der Waals surface area contributed by atoms with E-state index in [0.717, 1.165) is 12.1 Å². The van der Waals surface area contributed by atoms with Crippen molar-refractivity contribution in [2.45, 2.75) is 20.0 Å². The summed E-state index contributed by atoms with van der Waals surface area (Å²) in [6.45, 7) is 3.34. The fourth-order valence-corrected chi connectivity index (χ4v) is 3.08. The molecule has 0 radical (unpaired) electrons. The number of halogens is 3. The van der Waals surface area contributed by atoms with Gasteiger partial charge >= 0.3 is 13.8 Å². The van der Waals surface area contributed by atoms with Gasteiger partial charge in [0.25, 0.3) is 0 Å². The van der Waals surface area contributed by atoms with Crippen molar-refractivity contribution in [2.24, 2.45) is 0 Å². The van der Waals surface area contributed by atoms with Crippen LogP contribution in [0.3, 0.4) is 0 Å². The minimum absolute atomic E-state index is 0.0727. The predicted octanol–water partition coefficient (Wildman–Crippen LogP) is 4.84. The number of hydrogen-bond donors (Lipinski definition) is 0. The molecule has 0 aliphatic carbocycles. The van der Waals surface area contributed by atoms with Gasteiger partial charge in [0.15, 0.2) is 0 Å². The molecular formula is C14H15F3NO3P. The highest BCUT2D eigenvalue weighted by Crippen LogP contribution is 2.56. The molecule has 0 unspecified atom stereocenters. The third kappa shape index (κ3) is 4.70. The number of allylic oxidation sites excluding steroid dienone is 1. The second-order valence-corrected chi connectivity index (χ2v) is 6.09. The van der Waals surface area contributed by atoms with Crippen LogP contribution in [-0.4, -0.2) is 13.2 Å². The molecule has 0 aromatic heterocycles. The first kappa shape index (κ1) is 18.4. The van der Waals surface area contributed by atoms with E-state index in [0.29, 0.717) is 5.56 Å². The molecule has 0 atom stereocenters. The second-order valence-electron chi connectivity index (χ2n) is 4.09. The monoisotopic (exact) mass is 333 g/mol. The molecule has 0 aliphatic rings. The van der Waals surface area contributed by atoms with E-state index >= 15 is 0 Å². The van der Waals surface area contributed by atoms with Crippen LogP contribution in [-0.2, 0) is 19.8 Å². The molecule has 120 valence electrons. The fraction of sp³-hybridized carbons (Fsp3) is 0.357. The molecule has 0 N–H and O–H groups in total. The topological polar surface area (TPSA) is 59.3 Å². The van der Waals surface area contributed by atoms with Crippen LogP contribution in [0.15, 0.2) is 29.6 Å². The average Bonchev–Trinajstić information content (AvgIpc) is 2.44. The maximum atomic E-state index is 12.5. The van der Waals surface area contributed by atoms with E-state index in [1.165, 1.54) is 18.2 Å². The highest BCUT2D eigenvalue weighted by molar-refractivity contribution is 7.59. The van der Waals surface area contributed by atoms with Gasteiger partial charge < -0.3 is 9.05 Å². The molecule has 0 saturated carbocycles. The number of hydrogen-bond acceptors (Lipinski definition) is 4. The largest absolute Gasteiger partial charge is 0.416 e. The molecule has 1 rings (SSSR count). The summed E-state index contributed by atoms with van der Waals surface area (Å²) in [6.07, 6.45) is -3.24. The molecule has 8 heteroatoms. The van der Waals surface area contributed by atoms with E-state index in [9.17, 15) is 17.7 Å². The molecular weight excluding hydrogens is 318 g/mol. The van der Waals surface area contributed by atoms with Crippen LogP contribution in [0, 0.1) is 11.3 Å². The van der Waals surface area contributed by atoms with Gasteiger partial charge in [-0.1, -0.05) is 12.1 Å². The van der Waals surface area contributed by atoms with Crippen molar-refractivity contribution >= 4 is 13.7 Å². The van der Waals surface area contributed by atoms with E-state index in [4.69, 9.17) is 14.3 Å². The molecule has 0 aliphatic heterocycles. The first-order valence-electron chi connectivity index (χ1n) is 6.45. The van der Waals surface area contributed by atoms with E-state index < -0.39 is 19.3 Å². The lowest BCUT2D eigenvalue weighted by Gasteiger charge is -2.15. The summed E-state index contributed by atoms with van der Waals surface area (Å²) < 4.78 is 60.0. The third-order valence-electron chi connectivity index (χ3n) is 2.55. The van der Waals surface area contributed by atoms with Gasteiger partial charge in [0, 0.05) is 0 Å². The summed E-state index contributed by atoms with van der Waals surface area (Å²) in [6, 6.07) is 5.86. The molecule has 0 spiro atoms. The number of rotatable bonds is 6. The molecule has 0 saturated heterocycles. The van der Waals surface area contributed by atoms with Crippen LogP contribution in [0.2, 0.25) is 0 Å². The SMILES string of the molecule is CCOP(=O)(OCC)/C(C#N)=C/c1ccc(C(F)(F)F)cc1. The molecule has 0 fully saturated rings. The van der Waals surface area contributed by atoms with Crippen LogP contribution in [0.1, 0.15) is 25.0 Å². The fourth-order valence-electron chi connectivity index (χ4n) is 1.62. The number of nitrogens with zero attached hydrogens (tertiary/aromatic N) is 1. The highest BCUT2D eigenvalue weighted by Gasteiger charge is 2.31. The van der Waals surface area contributed by atoms with Crippen LogP contribution in [0.5, 0.6) is 0 Å². The van der Waals surface area contributed by atoms with Gasteiger partial charge in [-0.25, -0.2) is 0 Å². The molecule has 0 bridgehead atoms. The minimum Gasteiger partial charge on any atom is -0.305 e. The summed E-state index contributed by atoms with van der Waals surface area (Å²) in [5.41, 5.74) is -0.509. The van der Waals surface area contributed by atoms with Crippen molar-refractivity contribution in [3.8, 4) is 6.07 Å². The van der Waals surface area contributed by atoms with Gasteiger partial charge in [0.1, 0.15) is 11.4 Å². The Balaban J connectivity index is 3.16. The Kier molecular flexibility index (Phi) is 6.36. The van der Waals surface area contributed by atoms with Gasteiger partial charge in [0.2, 0.25) is 0 Å². The molecule has 1 aromatic rings. The summed E-state index contributed by atoms with van der Waals surface area (Å²) >= 11 is 0. The number of benzene rings is 1. The molecule has 4 nitrogen and oxygen atoms in total. The third-order valence-corrected chi connectivity index (χ3v) is 4.56. The Morgan fingerprint density at radius 3 is 2.09 bits per heavy atom. The summed E-state index contributed by atoms with van der Waals surface area (Å²) in [5, 5.41) is 8.88. The second kappa shape index (κ2) is 7.59. The summed E-state index contributed by atoms with van der Waals surface area (Å²) in [7, 11) is -3.76. The first-order valence-corrected chi connectivity index (χ1v) is 7.99. The maximum absolute atomic E-state index is 12.5. The normalized spacial score (nSPS) is 13.0. The van der Waals surface area contributed by atoms with Crippen molar-refractivity contribution in [2.75, 3.05) is 13.2 Å². The van der Waals surface area contributed by atoms with Gasteiger partial charge in [-0.3, -0.25) is 4.57 Å². The number of alkyl halides is 3. The average molecular weight is 333 g/mol. The summed E-state index contributed by atoms with van der Waals surface area (Å²) in [5.74, 6) is 0. The Morgan fingerprint density at radius 1 is 1.23 bits per heavy atom. The standard InChI is InChI=1S/C14H15F3NO3P/c1-3-20-22(19,21-4-2)13(10-18)9-11-5-7-12(8-6-11)14(15,16)17/h5-9H,3-4H2,1-2H3/b13-9+. The van der Waals surface area contributed by atoms with E-state index in [2.05, 4.69) is 0 Å². The Hall–Kier alpha value is -1.61. The Labute approximate surface area is 126 Å². The van der Waals surface area contributed by atoms with Crippen molar-refractivity contribution in [3.63, 3.8) is 0 Å². The van der Waals surface area contributed by atoms with Gasteiger partial charge in [-0.15, -0.1) is 0 Å². The van der Waals surface area contributed by atoms with Crippen molar-refractivity contribution in [1.29, 1.82) is 5.26 Å². The smallest absolute Gasteiger partial charge is 0.305 e. The zero-order valence-corrected chi connectivity index (χ0v) is 12.9. The van der Waals surface area contributed by atoms with E-state index in [1.807, 2.05) is 0 Å². The summed E-state index contributed by atoms with van der Waals surface area (Å²) in [4.78, 5) is 0. The maximum Gasteiger partial charge on any atom is 0.416 e. The van der Waals surface area contributed by atoms with Crippen LogP contribution in [0.4, 0.5) is 13.2 Å². The van der Waals surface area contributed by atoms with Crippen LogP contribution in [0.25, 0.3) is 6.08 Å². The first-order chi connectivity index (χ1) is 10.3. The lowest BCUT2D eigenvalue weighted by atomic mass is 10.1. The zero-order chi connectivity index (χ0) is 16.8. The molecule has 22 heavy (non-hydrogen) atoms. The predicted molar refractivity (Wildman–Crippen MR) is 75.9 cm³/mol. The van der Waals surface area contributed by atoms with E-state index in [1.54, 1.807) is 19.9 Å². The van der Waals surface area contributed by atoms with Crippen molar-refractivity contribution in [1.82, 2.24) is 0 Å². The lowest BCUT2D eigenvalue weighted by Crippen LogP contribution is -2.04. The Bertz CT molecular complexity index is 608.